The minimum Gasteiger partial charge on any atom is -0.445 e. The van der Waals surface area contributed by atoms with Gasteiger partial charge in [-0.05, 0) is 25.5 Å². The van der Waals surface area contributed by atoms with Crippen molar-refractivity contribution in [1.82, 2.24) is 0 Å². The van der Waals surface area contributed by atoms with Gasteiger partial charge in [-0.2, -0.15) is 0 Å². The summed E-state index contributed by atoms with van der Waals surface area (Å²) in [6, 6.07) is 23.6. The van der Waals surface area contributed by atoms with Crippen LogP contribution in [0.2, 0.25) is 0 Å². The van der Waals surface area contributed by atoms with Crippen LogP contribution in [0.15, 0.2) is 78.9 Å². The van der Waals surface area contributed by atoms with E-state index in [4.69, 9.17) is 4.74 Å². The Labute approximate surface area is 153 Å². The predicted molar refractivity (Wildman–Crippen MR) is 101 cm³/mol. The van der Waals surface area contributed by atoms with Gasteiger partial charge in [0.2, 0.25) is 5.78 Å². The maximum atomic E-state index is 13.0. The molecule has 3 heteroatoms. The van der Waals surface area contributed by atoms with Crippen molar-refractivity contribution in [2.45, 2.75) is 20.0 Å². The lowest BCUT2D eigenvalue weighted by atomic mass is 9.99. The lowest BCUT2D eigenvalue weighted by Gasteiger charge is -2.18. The minimum atomic E-state index is -0.981. The van der Waals surface area contributed by atoms with Crippen LogP contribution in [0.4, 0.5) is 0 Å². The largest absolute Gasteiger partial charge is 0.445 e. The number of esters is 1. The fraction of sp³-hybridized carbons (Fsp3) is 0.130. The van der Waals surface area contributed by atoms with Gasteiger partial charge in [-0.15, -0.1) is 0 Å². The predicted octanol–water partition coefficient (Wildman–Crippen LogP) is 5.08. The zero-order valence-electron chi connectivity index (χ0n) is 14.8. The van der Waals surface area contributed by atoms with Gasteiger partial charge in [0.15, 0.2) is 6.10 Å². The molecule has 3 rings (SSSR count). The first kappa shape index (κ1) is 17.6. The van der Waals surface area contributed by atoms with Gasteiger partial charge in [0, 0.05) is 11.1 Å². The lowest BCUT2D eigenvalue weighted by Crippen LogP contribution is -2.20. The van der Waals surface area contributed by atoms with Crippen LogP contribution in [0.25, 0.3) is 0 Å². The van der Waals surface area contributed by atoms with Crippen molar-refractivity contribution in [2.24, 2.45) is 0 Å². The molecule has 1 atom stereocenters. The summed E-state index contributed by atoms with van der Waals surface area (Å²) in [5.41, 5.74) is 3.51. The fourth-order valence-corrected chi connectivity index (χ4v) is 2.74. The number of ether oxygens (including phenoxy) is 1. The first-order valence-electron chi connectivity index (χ1n) is 8.48. The lowest BCUT2D eigenvalue weighted by molar-refractivity contribution is 0.0279. The highest BCUT2D eigenvalue weighted by Crippen LogP contribution is 2.25. The molecule has 0 spiro atoms. The molecule has 0 radical (unpaired) electrons. The number of ketones is 1. The molecule has 0 fully saturated rings. The van der Waals surface area contributed by atoms with Gasteiger partial charge >= 0.3 is 5.97 Å². The molecule has 3 aromatic carbocycles. The van der Waals surface area contributed by atoms with Crippen LogP contribution in [0.3, 0.4) is 0 Å². The van der Waals surface area contributed by atoms with Gasteiger partial charge < -0.3 is 4.74 Å². The van der Waals surface area contributed by atoms with Crippen LogP contribution in [0.5, 0.6) is 0 Å². The number of carbonyl (C=O) groups excluding carboxylic acids is 2. The van der Waals surface area contributed by atoms with E-state index in [1.165, 1.54) is 0 Å². The van der Waals surface area contributed by atoms with Gasteiger partial charge in [-0.3, -0.25) is 4.79 Å². The first-order chi connectivity index (χ1) is 12.6. The summed E-state index contributed by atoms with van der Waals surface area (Å²) >= 11 is 0. The molecule has 26 heavy (non-hydrogen) atoms. The van der Waals surface area contributed by atoms with Gasteiger partial charge in [0.25, 0.3) is 0 Å². The van der Waals surface area contributed by atoms with Gasteiger partial charge in [0.05, 0.1) is 5.56 Å². The molecule has 0 unspecified atom stereocenters. The second-order valence-corrected chi connectivity index (χ2v) is 6.24. The molecule has 0 aliphatic carbocycles. The van der Waals surface area contributed by atoms with E-state index >= 15 is 0 Å². The van der Waals surface area contributed by atoms with Crippen LogP contribution in [-0.2, 0) is 4.74 Å². The minimum absolute atomic E-state index is 0.238. The molecule has 0 amide bonds. The Morgan fingerprint density at radius 3 is 2.04 bits per heavy atom. The van der Waals surface area contributed by atoms with E-state index in [-0.39, 0.29) is 5.78 Å². The van der Waals surface area contributed by atoms with Gasteiger partial charge in [-0.1, -0.05) is 78.4 Å². The molecule has 130 valence electrons. The van der Waals surface area contributed by atoms with Crippen molar-refractivity contribution < 1.29 is 14.3 Å². The summed E-state index contributed by atoms with van der Waals surface area (Å²) in [7, 11) is 0. The summed E-state index contributed by atoms with van der Waals surface area (Å²) < 4.78 is 5.66. The van der Waals surface area contributed by atoms with Crippen LogP contribution < -0.4 is 0 Å². The van der Waals surface area contributed by atoms with Crippen molar-refractivity contribution in [1.29, 1.82) is 0 Å². The average Bonchev–Trinajstić information content (AvgIpc) is 2.67. The van der Waals surface area contributed by atoms with E-state index in [9.17, 15) is 9.59 Å². The summed E-state index contributed by atoms with van der Waals surface area (Å²) in [5, 5.41) is 0. The molecule has 0 bridgehead atoms. The Morgan fingerprint density at radius 2 is 1.38 bits per heavy atom. The monoisotopic (exact) mass is 344 g/mol. The fourth-order valence-electron chi connectivity index (χ4n) is 2.74. The van der Waals surface area contributed by atoms with Crippen molar-refractivity contribution in [3.63, 3.8) is 0 Å². The summed E-state index contributed by atoms with van der Waals surface area (Å²) in [4.78, 5) is 25.7. The van der Waals surface area contributed by atoms with Crippen LogP contribution in [0, 0.1) is 13.8 Å². The molecule has 0 saturated carbocycles. The summed E-state index contributed by atoms with van der Waals surface area (Å²) in [6.07, 6.45) is -0.981. The van der Waals surface area contributed by atoms with Crippen LogP contribution >= 0.6 is 0 Å². The van der Waals surface area contributed by atoms with Gasteiger partial charge in [0.1, 0.15) is 0 Å². The van der Waals surface area contributed by atoms with Gasteiger partial charge in [-0.25, -0.2) is 4.79 Å². The van der Waals surface area contributed by atoms with E-state index in [0.717, 1.165) is 11.1 Å². The van der Waals surface area contributed by atoms with Crippen molar-refractivity contribution in [3.05, 3.63) is 107 Å². The number of rotatable bonds is 5. The van der Waals surface area contributed by atoms with Crippen LogP contribution in [0.1, 0.15) is 43.5 Å². The molecule has 0 saturated heterocycles. The highest BCUT2D eigenvalue weighted by Gasteiger charge is 2.27. The molecule has 0 aromatic heterocycles. The number of carbonyl (C=O) groups is 2. The number of hydrogen-bond acceptors (Lipinski definition) is 3. The highest BCUT2D eigenvalue weighted by molar-refractivity contribution is 6.02. The Hall–Kier alpha value is -3.20. The van der Waals surface area contributed by atoms with E-state index in [0.29, 0.717) is 16.7 Å². The maximum Gasteiger partial charge on any atom is 0.339 e. The highest BCUT2D eigenvalue weighted by atomic mass is 16.5. The Kier molecular flexibility index (Phi) is 5.28. The normalized spacial score (nSPS) is 11.6. The number of aryl methyl sites for hydroxylation is 2. The van der Waals surface area contributed by atoms with E-state index in [1.54, 1.807) is 36.4 Å². The zero-order valence-corrected chi connectivity index (χ0v) is 14.8. The molecule has 3 aromatic rings. The molecule has 0 N–H and O–H groups in total. The number of hydrogen-bond donors (Lipinski definition) is 0. The molecular weight excluding hydrogens is 324 g/mol. The summed E-state index contributed by atoms with van der Waals surface area (Å²) in [6.45, 7) is 3.80. The standard InChI is InChI=1S/C23H20O3/c1-16-12-14-18(15-13-16)21(24)22(19-9-4-3-5-10-19)26-23(25)20-11-7-6-8-17(20)2/h3-15,22H,1-2H3/t22-/m0/s1. The zero-order chi connectivity index (χ0) is 18.5. The Bertz CT molecular complexity index is 912. The molecule has 3 nitrogen and oxygen atoms in total. The van der Waals surface area contributed by atoms with E-state index < -0.39 is 12.1 Å². The third-order valence-corrected chi connectivity index (χ3v) is 4.27. The number of Topliss-reactive ketones (excluding diaryl/α,β-unsaturated/α-hetero) is 1. The SMILES string of the molecule is Cc1ccc(C(=O)[C@@H](OC(=O)c2ccccc2C)c2ccccc2)cc1. The molecule has 0 aliphatic rings. The average molecular weight is 344 g/mol. The van der Waals surface area contributed by atoms with E-state index in [1.807, 2.05) is 56.3 Å². The topological polar surface area (TPSA) is 43.4 Å². The van der Waals surface area contributed by atoms with Crippen LogP contribution in [-0.4, -0.2) is 11.8 Å². The van der Waals surface area contributed by atoms with Crippen molar-refractivity contribution in [2.75, 3.05) is 0 Å². The molecule has 0 aliphatic heterocycles. The molecular formula is C23H20O3. The first-order valence-corrected chi connectivity index (χ1v) is 8.48. The quantitative estimate of drug-likeness (QED) is 0.478. The number of benzene rings is 3. The Morgan fingerprint density at radius 1 is 0.769 bits per heavy atom. The second-order valence-electron chi connectivity index (χ2n) is 6.24. The Balaban J connectivity index is 1.94. The molecule has 0 heterocycles. The third-order valence-electron chi connectivity index (χ3n) is 4.27. The second kappa shape index (κ2) is 7.79. The smallest absolute Gasteiger partial charge is 0.339 e. The van der Waals surface area contributed by atoms with Crippen molar-refractivity contribution >= 4 is 11.8 Å². The summed E-state index contributed by atoms with van der Waals surface area (Å²) in [5.74, 6) is -0.740. The third kappa shape index (κ3) is 3.89. The van der Waals surface area contributed by atoms with E-state index in [2.05, 4.69) is 0 Å². The maximum absolute atomic E-state index is 13.0. The van der Waals surface area contributed by atoms with Crippen molar-refractivity contribution in [3.8, 4) is 0 Å².